The summed E-state index contributed by atoms with van der Waals surface area (Å²) in [6, 6.07) is 23.2. The summed E-state index contributed by atoms with van der Waals surface area (Å²) in [4.78, 5) is 0. The summed E-state index contributed by atoms with van der Waals surface area (Å²) < 4.78 is 25.5. The van der Waals surface area contributed by atoms with Crippen LogP contribution in [0.3, 0.4) is 0 Å². The molecule has 1 saturated carbocycles. The first kappa shape index (κ1) is 20.5. The molecule has 4 rings (SSSR count). The fourth-order valence-electron chi connectivity index (χ4n) is 4.39. The van der Waals surface area contributed by atoms with Gasteiger partial charge in [0.05, 0.1) is 6.61 Å². The van der Waals surface area contributed by atoms with Crippen molar-refractivity contribution in [1.29, 1.82) is 0 Å². The molecule has 1 aliphatic carbocycles. The first-order valence-corrected chi connectivity index (χ1v) is 10.9. The molecule has 156 valence electrons. The van der Waals surface area contributed by atoms with Crippen molar-refractivity contribution in [3.8, 4) is 17.2 Å². The number of para-hydroxylation sites is 1. The summed E-state index contributed by atoms with van der Waals surface area (Å²) in [6.45, 7) is 2.70. The van der Waals surface area contributed by atoms with Crippen LogP contribution in [0.15, 0.2) is 72.8 Å². The molecular weight excluding hydrogens is 375 g/mol. The van der Waals surface area contributed by atoms with Crippen molar-refractivity contribution in [2.45, 2.75) is 50.9 Å². The molecule has 0 bridgehead atoms. The van der Waals surface area contributed by atoms with E-state index < -0.39 is 0 Å². The molecule has 0 amide bonds. The van der Waals surface area contributed by atoms with Crippen LogP contribution >= 0.6 is 0 Å². The van der Waals surface area contributed by atoms with Gasteiger partial charge in [-0.2, -0.15) is 0 Å². The molecule has 0 unspecified atom stereocenters. The zero-order valence-electron chi connectivity index (χ0n) is 17.6. The highest BCUT2D eigenvalue weighted by molar-refractivity contribution is 5.36. The van der Waals surface area contributed by atoms with Crippen molar-refractivity contribution in [3.63, 3.8) is 0 Å². The maximum Gasteiger partial charge on any atom is 0.165 e. The Morgan fingerprint density at radius 3 is 2.33 bits per heavy atom. The van der Waals surface area contributed by atoms with Crippen molar-refractivity contribution in [2.75, 3.05) is 6.61 Å². The lowest BCUT2D eigenvalue weighted by molar-refractivity contribution is 0.220. The number of ether oxygens (including phenoxy) is 2. The van der Waals surface area contributed by atoms with Crippen LogP contribution in [0, 0.1) is 5.82 Å². The minimum absolute atomic E-state index is 0.286. The van der Waals surface area contributed by atoms with Gasteiger partial charge in [-0.1, -0.05) is 42.8 Å². The van der Waals surface area contributed by atoms with E-state index >= 15 is 0 Å². The van der Waals surface area contributed by atoms with Crippen LogP contribution in [0.5, 0.6) is 17.2 Å². The highest BCUT2D eigenvalue weighted by Gasteiger charge is 2.37. The molecule has 0 heterocycles. The molecule has 2 nitrogen and oxygen atoms in total. The molecule has 3 aromatic carbocycles. The number of rotatable bonds is 9. The highest BCUT2D eigenvalue weighted by atomic mass is 19.1. The van der Waals surface area contributed by atoms with Gasteiger partial charge in [0.25, 0.3) is 0 Å². The predicted octanol–water partition coefficient (Wildman–Crippen LogP) is 7.46. The van der Waals surface area contributed by atoms with Gasteiger partial charge in [-0.05, 0) is 92.0 Å². The molecule has 0 radical (unpaired) electrons. The monoisotopic (exact) mass is 404 g/mol. The molecule has 1 aliphatic rings. The Bertz CT molecular complexity index is 946. The predicted molar refractivity (Wildman–Crippen MR) is 119 cm³/mol. The van der Waals surface area contributed by atoms with Crippen molar-refractivity contribution < 1.29 is 13.9 Å². The van der Waals surface area contributed by atoms with Crippen molar-refractivity contribution >= 4 is 0 Å². The standard InChI is InChI=1S/C27H29FO2/c1-2-29-23-14-12-22(13-15-23)27(18-7-19-27)17-6-8-21-11-16-25(28)26(20-21)30-24-9-4-3-5-10-24/h3-5,9-16,20H,2,6-8,17-19H2,1H3. The summed E-state index contributed by atoms with van der Waals surface area (Å²) in [5, 5.41) is 0. The second-order valence-electron chi connectivity index (χ2n) is 8.12. The quantitative estimate of drug-likeness (QED) is 0.368. The molecule has 1 fully saturated rings. The Balaban J connectivity index is 1.39. The molecule has 0 aliphatic heterocycles. The Morgan fingerprint density at radius 1 is 0.900 bits per heavy atom. The summed E-state index contributed by atoms with van der Waals surface area (Å²) in [5.74, 6) is 1.56. The van der Waals surface area contributed by atoms with E-state index in [-0.39, 0.29) is 11.2 Å². The van der Waals surface area contributed by atoms with Crippen molar-refractivity contribution in [2.24, 2.45) is 0 Å². The van der Waals surface area contributed by atoms with Gasteiger partial charge < -0.3 is 9.47 Å². The van der Waals surface area contributed by atoms with Gasteiger partial charge in [0, 0.05) is 0 Å². The van der Waals surface area contributed by atoms with Crippen LogP contribution in [0.1, 0.15) is 50.2 Å². The smallest absolute Gasteiger partial charge is 0.165 e. The fourth-order valence-corrected chi connectivity index (χ4v) is 4.39. The number of hydrogen-bond acceptors (Lipinski definition) is 2. The van der Waals surface area contributed by atoms with Gasteiger partial charge >= 0.3 is 0 Å². The van der Waals surface area contributed by atoms with E-state index in [2.05, 4.69) is 24.3 Å². The van der Waals surface area contributed by atoms with E-state index in [0.717, 1.165) is 30.6 Å². The van der Waals surface area contributed by atoms with Crippen LogP contribution in [-0.2, 0) is 11.8 Å². The van der Waals surface area contributed by atoms with E-state index in [1.54, 1.807) is 0 Å². The van der Waals surface area contributed by atoms with E-state index in [1.165, 1.54) is 30.9 Å². The first-order valence-electron chi connectivity index (χ1n) is 10.9. The van der Waals surface area contributed by atoms with E-state index in [4.69, 9.17) is 9.47 Å². The largest absolute Gasteiger partial charge is 0.494 e. The molecule has 3 heteroatoms. The van der Waals surface area contributed by atoms with E-state index in [9.17, 15) is 4.39 Å². The molecule has 0 aromatic heterocycles. The van der Waals surface area contributed by atoms with Crippen LogP contribution < -0.4 is 9.47 Å². The van der Waals surface area contributed by atoms with Gasteiger partial charge in [-0.25, -0.2) is 4.39 Å². The van der Waals surface area contributed by atoms with Gasteiger partial charge in [-0.3, -0.25) is 0 Å². The zero-order chi connectivity index (χ0) is 20.8. The second-order valence-corrected chi connectivity index (χ2v) is 8.12. The second kappa shape index (κ2) is 9.34. The molecule has 30 heavy (non-hydrogen) atoms. The number of benzene rings is 3. The molecule has 0 spiro atoms. The number of hydrogen-bond donors (Lipinski definition) is 0. The van der Waals surface area contributed by atoms with Crippen LogP contribution in [0.2, 0.25) is 0 Å². The average Bonchev–Trinajstić information content (AvgIpc) is 2.74. The van der Waals surface area contributed by atoms with Gasteiger partial charge in [0.2, 0.25) is 0 Å². The number of aryl methyl sites for hydroxylation is 1. The topological polar surface area (TPSA) is 18.5 Å². The SMILES string of the molecule is CCOc1ccc(C2(CCCc3ccc(F)c(Oc4ccccc4)c3)CCC2)cc1. The maximum absolute atomic E-state index is 14.2. The summed E-state index contributed by atoms with van der Waals surface area (Å²) >= 11 is 0. The van der Waals surface area contributed by atoms with Crippen LogP contribution in [-0.4, -0.2) is 6.61 Å². The molecular formula is C27H29FO2. The molecule has 0 N–H and O–H groups in total. The molecule has 0 atom stereocenters. The van der Waals surface area contributed by atoms with Gasteiger partial charge in [-0.15, -0.1) is 0 Å². The van der Waals surface area contributed by atoms with Crippen molar-refractivity contribution in [1.82, 2.24) is 0 Å². The Hall–Kier alpha value is -2.81. The lowest BCUT2D eigenvalue weighted by Gasteiger charge is -2.43. The third kappa shape index (κ3) is 4.67. The van der Waals surface area contributed by atoms with Crippen molar-refractivity contribution in [3.05, 3.63) is 89.7 Å². The highest BCUT2D eigenvalue weighted by Crippen LogP contribution is 2.47. The average molecular weight is 405 g/mol. The Kier molecular flexibility index (Phi) is 6.37. The first-order chi connectivity index (χ1) is 14.7. The zero-order valence-corrected chi connectivity index (χ0v) is 17.6. The van der Waals surface area contributed by atoms with Gasteiger partial charge in [0.1, 0.15) is 11.5 Å². The maximum atomic E-state index is 14.2. The summed E-state index contributed by atoms with van der Waals surface area (Å²) in [6.07, 6.45) is 6.92. The van der Waals surface area contributed by atoms with E-state index in [1.807, 2.05) is 49.4 Å². The Labute approximate surface area is 178 Å². The fraction of sp³-hybridized carbons (Fsp3) is 0.333. The Morgan fingerprint density at radius 2 is 1.67 bits per heavy atom. The molecule has 3 aromatic rings. The number of halogens is 1. The third-order valence-electron chi connectivity index (χ3n) is 6.18. The molecule has 0 saturated heterocycles. The summed E-state index contributed by atoms with van der Waals surface area (Å²) in [5.41, 5.74) is 2.82. The lowest BCUT2D eigenvalue weighted by atomic mass is 9.62. The van der Waals surface area contributed by atoms with E-state index in [0.29, 0.717) is 18.1 Å². The summed E-state index contributed by atoms with van der Waals surface area (Å²) in [7, 11) is 0. The van der Waals surface area contributed by atoms with Crippen LogP contribution in [0.4, 0.5) is 4.39 Å². The lowest BCUT2D eigenvalue weighted by Crippen LogP contribution is -2.34. The normalized spacial score (nSPS) is 14.7. The van der Waals surface area contributed by atoms with Gasteiger partial charge in [0.15, 0.2) is 11.6 Å². The minimum Gasteiger partial charge on any atom is -0.494 e. The third-order valence-corrected chi connectivity index (χ3v) is 6.18. The van der Waals surface area contributed by atoms with Crippen LogP contribution in [0.25, 0.3) is 0 Å². The minimum atomic E-state index is -0.326.